The number of rotatable bonds is 6. The minimum atomic E-state index is -1.00. The Kier molecular flexibility index (Phi) is 5.62. The number of carbonyl (C=O) groups is 1. The predicted molar refractivity (Wildman–Crippen MR) is 116 cm³/mol. The first kappa shape index (κ1) is 21.1. The molecule has 0 atom stereocenters. The maximum Gasteiger partial charge on any atom is 0.335 e. The molecule has 0 saturated heterocycles. The van der Waals surface area contributed by atoms with Crippen LogP contribution < -0.4 is 10.1 Å². The molecule has 0 unspecified atom stereocenters. The normalized spacial score (nSPS) is 10.7. The summed E-state index contributed by atoms with van der Waals surface area (Å²) in [5.74, 6) is -1.11. The fraction of sp³-hybridized carbons (Fsp3) is 0.0909. The van der Waals surface area contributed by atoms with Crippen LogP contribution in [-0.2, 0) is 0 Å². The Labute approximate surface area is 186 Å². The molecule has 0 radical (unpaired) electrons. The van der Waals surface area contributed by atoms with Crippen molar-refractivity contribution in [2.75, 3.05) is 11.9 Å². The third-order valence-corrected chi connectivity index (χ3v) is 5.03. The van der Waals surface area contributed by atoms with Crippen LogP contribution in [0.2, 0.25) is 5.02 Å². The lowest BCUT2D eigenvalue weighted by Crippen LogP contribution is -2.02. The molecule has 2 heterocycles. The number of hydrogen-bond acceptors (Lipinski definition) is 6. The van der Waals surface area contributed by atoms with Crippen molar-refractivity contribution in [1.29, 1.82) is 5.26 Å². The molecule has 2 aromatic heterocycles. The van der Waals surface area contributed by atoms with Crippen LogP contribution in [0.5, 0.6) is 5.75 Å². The number of benzene rings is 2. The number of nitrogens with one attached hydrogen (secondary N) is 1. The van der Waals surface area contributed by atoms with Crippen molar-refractivity contribution in [3.8, 4) is 23.1 Å². The Hall–Kier alpha value is -4.16. The molecule has 0 spiro atoms. The van der Waals surface area contributed by atoms with Crippen molar-refractivity contribution in [3.63, 3.8) is 0 Å². The number of ether oxygens (including phenoxy) is 1. The van der Waals surface area contributed by atoms with Gasteiger partial charge in [0.25, 0.3) is 0 Å². The second-order valence-electron chi connectivity index (χ2n) is 6.78. The molecule has 2 aromatic carbocycles. The summed E-state index contributed by atoms with van der Waals surface area (Å²) in [6, 6.07) is 9.17. The number of anilines is 2. The van der Waals surface area contributed by atoms with Gasteiger partial charge in [-0.1, -0.05) is 11.6 Å². The first-order valence-electron chi connectivity index (χ1n) is 9.31. The van der Waals surface area contributed by atoms with Gasteiger partial charge in [0.05, 0.1) is 22.5 Å². The zero-order valence-corrected chi connectivity index (χ0v) is 17.4. The third-order valence-electron chi connectivity index (χ3n) is 4.74. The molecule has 0 aliphatic heterocycles. The number of carboxylic acid groups (broad SMARTS) is 1. The van der Waals surface area contributed by atoms with Crippen LogP contribution in [0.3, 0.4) is 0 Å². The van der Waals surface area contributed by atoms with Gasteiger partial charge in [0.1, 0.15) is 17.6 Å². The number of hydrogen-bond donors (Lipinski definition) is 2. The van der Waals surface area contributed by atoms with Gasteiger partial charge >= 0.3 is 5.97 Å². The van der Waals surface area contributed by atoms with E-state index in [9.17, 15) is 14.3 Å². The molecular weight excluding hydrogens is 437 g/mol. The molecule has 0 bridgehead atoms. The van der Waals surface area contributed by atoms with Crippen molar-refractivity contribution in [3.05, 3.63) is 70.9 Å². The van der Waals surface area contributed by atoms with Crippen molar-refractivity contribution >= 4 is 34.7 Å². The Balaban J connectivity index is 1.72. The van der Waals surface area contributed by atoms with Gasteiger partial charge in [-0.25, -0.2) is 19.2 Å². The first-order chi connectivity index (χ1) is 15.4. The molecule has 160 valence electrons. The van der Waals surface area contributed by atoms with Crippen LogP contribution in [0, 0.1) is 24.1 Å². The van der Waals surface area contributed by atoms with E-state index in [2.05, 4.69) is 15.3 Å². The average Bonchev–Trinajstić information content (AvgIpc) is 3.19. The van der Waals surface area contributed by atoms with Crippen molar-refractivity contribution in [1.82, 2.24) is 14.4 Å². The minimum Gasteiger partial charge on any atom is -0.478 e. The molecule has 0 aliphatic carbocycles. The minimum absolute atomic E-state index is 0.0764. The highest BCUT2D eigenvalue weighted by Gasteiger charge is 2.17. The zero-order chi connectivity index (χ0) is 22.8. The largest absolute Gasteiger partial charge is 0.478 e. The summed E-state index contributed by atoms with van der Waals surface area (Å²) in [7, 11) is 0. The summed E-state index contributed by atoms with van der Waals surface area (Å²) in [5, 5.41) is 21.1. The van der Waals surface area contributed by atoms with Gasteiger partial charge in [-0.2, -0.15) is 5.26 Å². The van der Waals surface area contributed by atoms with E-state index in [4.69, 9.17) is 21.6 Å². The number of aromatic nitrogens is 3. The Bertz CT molecular complexity index is 1400. The average molecular weight is 452 g/mol. The number of carboxylic acids is 1. The summed E-state index contributed by atoms with van der Waals surface area (Å²) in [5.41, 5.74) is 2.50. The van der Waals surface area contributed by atoms with E-state index in [1.165, 1.54) is 24.5 Å². The van der Waals surface area contributed by atoms with Crippen LogP contribution in [0.25, 0.3) is 16.9 Å². The highest BCUT2D eigenvalue weighted by Crippen LogP contribution is 2.34. The van der Waals surface area contributed by atoms with E-state index in [0.29, 0.717) is 28.4 Å². The van der Waals surface area contributed by atoms with E-state index in [0.717, 1.165) is 6.07 Å². The predicted octanol–water partition coefficient (Wildman–Crippen LogP) is 4.84. The fourth-order valence-corrected chi connectivity index (χ4v) is 3.49. The van der Waals surface area contributed by atoms with Gasteiger partial charge in [-0.15, -0.1) is 0 Å². The van der Waals surface area contributed by atoms with E-state index in [-0.39, 0.29) is 28.5 Å². The molecule has 0 fully saturated rings. The monoisotopic (exact) mass is 451 g/mol. The quantitative estimate of drug-likeness (QED) is 0.431. The molecule has 0 amide bonds. The smallest absolute Gasteiger partial charge is 0.335 e. The molecule has 2 N–H and O–H groups in total. The van der Waals surface area contributed by atoms with Crippen molar-refractivity contribution < 1.29 is 19.0 Å². The summed E-state index contributed by atoms with van der Waals surface area (Å²) in [4.78, 5) is 19.9. The molecule has 4 rings (SSSR count). The molecule has 0 aliphatic rings. The molecule has 4 aromatic rings. The SMILES string of the molecule is Cc1cc(Nc2nccn3c(-c4cc(Cl)c(OCC#N)cc4F)cnc23)ccc1C(=O)O. The molecule has 10 heteroatoms. The van der Waals surface area contributed by atoms with Crippen LogP contribution in [0.15, 0.2) is 48.9 Å². The van der Waals surface area contributed by atoms with E-state index >= 15 is 0 Å². The van der Waals surface area contributed by atoms with Crippen LogP contribution in [-0.4, -0.2) is 32.1 Å². The summed E-state index contributed by atoms with van der Waals surface area (Å²) >= 11 is 6.20. The second kappa shape index (κ2) is 8.53. The Morgan fingerprint density at radius 3 is 2.88 bits per heavy atom. The second-order valence-corrected chi connectivity index (χ2v) is 7.19. The number of nitrogens with zero attached hydrogens (tertiary/aromatic N) is 4. The van der Waals surface area contributed by atoms with E-state index in [1.807, 2.05) is 0 Å². The lowest BCUT2D eigenvalue weighted by molar-refractivity contribution is 0.0696. The van der Waals surface area contributed by atoms with Gasteiger partial charge in [0.2, 0.25) is 0 Å². The maximum absolute atomic E-state index is 14.8. The van der Waals surface area contributed by atoms with Gasteiger partial charge in [-0.3, -0.25) is 4.40 Å². The first-order valence-corrected chi connectivity index (χ1v) is 9.69. The van der Waals surface area contributed by atoms with Gasteiger partial charge in [0.15, 0.2) is 18.1 Å². The molecular formula is C22H15ClFN5O3. The van der Waals surface area contributed by atoms with Gasteiger partial charge < -0.3 is 15.2 Å². The van der Waals surface area contributed by atoms with Gasteiger partial charge in [-0.05, 0) is 36.8 Å². The number of fused-ring (bicyclic) bond motifs is 1. The van der Waals surface area contributed by atoms with E-state index in [1.54, 1.807) is 35.7 Å². The van der Waals surface area contributed by atoms with E-state index < -0.39 is 11.8 Å². The summed E-state index contributed by atoms with van der Waals surface area (Å²) in [6.07, 6.45) is 4.66. The lowest BCUT2D eigenvalue weighted by Gasteiger charge is -2.11. The summed E-state index contributed by atoms with van der Waals surface area (Å²) < 4.78 is 21.6. The topological polar surface area (TPSA) is 113 Å². The molecule has 32 heavy (non-hydrogen) atoms. The molecule has 8 nitrogen and oxygen atoms in total. The number of aryl methyl sites for hydroxylation is 1. The van der Waals surface area contributed by atoms with Crippen LogP contribution in [0.1, 0.15) is 15.9 Å². The van der Waals surface area contributed by atoms with Gasteiger partial charge in [0, 0.05) is 29.7 Å². The number of imidazole rings is 1. The highest BCUT2D eigenvalue weighted by molar-refractivity contribution is 6.32. The maximum atomic E-state index is 14.8. The van der Waals surface area contributed by atoms with Crippen molar-refractivity contribution in [2.24, 2.45) is 0 Å². The molecule has 0 saturated carbocycles. The summed E-state index contributed by atoms with van der Waals surface area (Å²) in [6.45, 7) is 1.45. The fourth-order valence-electron chi connectivity index (χ4n) is 3.27. The third kappa shape index (κ3) is 3.91. The number of nitriles is 1. The highest BCUT2D eigenvalue weighted by atomic mass is 35.5. The standard InChI is InChI=1S/C22H15ClFN5O3/c1-12-8-13(2-3-14(12)22(30)31)28-20-21-27-11-18(29(21)6-5-26-20)15-9-16(23)19(10-17(15)24)32-7-4-25/h2-3,5-6,8-11H,7H2,1H3,(H,26,28)(H,30,31). The number of halogens is 2. The zero-order valence-electron chi connectivity index (χ0n) is 16.6. The lowest BCUT2D eigenvalue weighted by atomic mass is 10.1. The van der Waals surface area contributed by atoms with Crippen molar-refractivity contribution in [2.45, 2.75) is 6.92 Å². The Morgan fingerprint density at radius 1 is 1.34 bits per heavy atom. The van der Waals surface area contributed by atoms with Crippen LogP contribution >= 0.6 is 11.6 Å². The Morgan fingerprint density at radius 2 is 2.16 bits per heavy atom. The number of aromatic carboxylic acids is 1. The van der Waals surface area contributed by atoms with Crippen LogP contribution in [0.4, 0.5) is 15.9 Å².